The summed E-state index contributed by atoms with van der Waals surface area (Å²) in [4.78, 5) is 28.7. The van der Waals surface area contributed by atoms with Gasteiger partial charge in [0, 0.05) is 30.2 Å². The molecule has 0 bridgehead atoms. The number of carbonyl (C=O) groups is 2. The largest absolute Gasteiger partial charge is 0.315 e. The minimum absolute atomic E-state index is 0.0147. The Morgan fingerprint density at radius 1 is 1.16 bits per heavy atom. The highest BCUT2D eigenvalue weighted by atomic mass is 79.9. The Balaban J connectivity index is 1.80. The second-order valence-corrected chi connectivity index (χ2v) is 7.45. The van der Waals surface area contributed by atoms with Gasteiger partial charge in [0.05, 0.1) is 11.6 Å². The number of rotatable bonds is 3. The van der Waals surface area contributed by atoms with E-state index >= 15 is 0 Å². The van der Waals surface area contributed by atoms with Gasteiger partial charge in [-0.25, -0.2) is 0 Å². The van der Waals surface area contributed by atoms with Crippen molar-refractivity contribution >= 4 is 39.1 Å². The summed E-state index contributed by atoms with van der Waals surface area (Å²) >= 11 is 3.48. The van der Waals surface area contributed by atoms with Crippen molar-refractivity contribution < 1.29 is 9.59 Å². The Kier molecular flexibility index (Phi) is 4.95. The third-order valence-corrected chi connectivity index (χ3v) is 5.21. The molecule has 2 aromatic rings. The van der Waals surface area contributed by atoms with E-state index in [4.69, 9.17) is 0 Å². The summed E-state index contributed by atoms with van der Waals surface area (Å²) in [5.41, 5.74) is 3.92. The molecule has 1 saturated heterocycles. The van der Waals surface area contributed by atoms with Crippen molar-refractivity contribution in [2.45, 2.75) is 20.3 Å². The monoisotopic (exact) mass is 400 g/mol. The summed E-state index contributed by atoms with van der Waals surface area (Å²) in [5.74, 6) is -0.364. The molecule has 0 aliphatic carbocycles. The molecule has 1 fully saturated rings. The van der Waals surface area contributed by atoms with Gasteiger partial charge >= 0.3 is 0 Å². The molecule has 5 heteroatoms. The molecular formula is C20H21BrN2O2. The van der Waals surface area contributed by atoms with E-state index in [0.29, 0.717) is 6.54 Å². The number of halogens is 1. The number of anilines is 2. The highest BCUT2D eigenvalue weighted by Crippen LogP contribution is 2.32. The summed E-state index contributed by atoms with van der Waals surface area (Å²) in [6.07, 6.45) is 0.245. The molecule has 3 rings (SSSR count). The van der Waals surface area contributed by atoms with Crippen LogP contribution in [0.15, 0.2) is 46.9 Å². The first-order chi connectivity index (χ1) is 11.9. The van der Waals surface area contributed by atoms with Crippen molar-refractivity contribution in [1.82, 2.24) is 0 Å². The highest BCUT2D eigenvalue weighted by molar-refractivity contribution is 9.10. The summed E-state index contributed by atoms with van der Waals surface area (Å²) in [6.45, 7) is 4.45. The minimum atomic E-state index is -0.328. The van der Waals surface area contributed by atoms with Crippen LogP contribution >= 0.6 is 15.9 Å². The molecule has 4 nitrogen and oxygen atoms in total. The van der Waals surface area contributed by atoms with Crippen LogP contribution in [0.5, 0.6) is 0 Å². The Hall–Kier alpha value is -2.14. The molecule has 0 saturated carbocycles. The van der Waals surface area contributed by atoms with Gasteiger partial charge in [-0.05, 0) is 65.2 Å². The highest BCUT2D eigenvalue weighted by Gasteiger charge is 2.37. The molecule has 1 unspecified atom stereocenters. The van der Waals surface area contributed by atoms with Gasteiger partial charge in [-0.15, -0.1) is 0 Å². The normalized spacial score (nSPS) is 17.0. The minimum Gasteiger partial charge on any atom is -0.315 e. The van der Waals surface area contributed by atoms with Crippen LogP contribution in [-0.2, 0) is 9.59 Å². The lowest BCUT2D eigenvalue weighted by Gasteiger charge is -2.22. The Morgan fingerprint density at radius 2 is 1.80 bits per heavy atom. The SMILES string of the molecule is Cc1cc(C)cc(N(C)C(=O)C2CC(=O)N(c3ccccc3Br)C2)c1. The molecule has 0 spiro atoms. The maximum atomic E-state index is 12.9. The van der Waals surface area contributed by atoms with E-state index in [9.17, 15) is 9.59 Å². The molecule has 1 atom stereocenters. The van der Waals surface area contributed by atoms with Crippen molar-refractivity contribution in [3.8, 4) is 0 Å². The number of para-hydroxylation sites is 1. The zero-order valence-corrected chi connectivity index (χ0v) is 16.2. The van der Waals surface area contributed by atoms with Gasteiger partial charge in [0.1, 0.15) is 0 Å². The molecular weight excluding hydrogens is 380 g/mol. The first-order valence-corrected chi connectivity index (χ1v) is 9.07. The maximum Gasteiger partial charge on any atom is 0.232 e. The van der Waals surface area contributed by atoms with E-state index < -0.39 is 0 Å². The lowest BCUT2D eigenvalue weighted by atomic mass is 10.1. The van der Waals surface area contributed by atoms with Crippen LogP contribution in [0.3, 0.4) is 0 Å². The van der Waals surface area contributed by atoms with E-state index in [-0.39, 0.29) is 24.2 Å². The predicted octanol–water partition coefficient (Wildman–Crippen LogP) is 4.08. The zero-order valence-electron chi connectivity index (χ0n) is 14.6. The van der Waals surface area contributed by atoms with Crippen molar-refractivity contribution in [3.05, 3.63) is 58.1 Å². The van der Waals surface area contributed by atoms with Crippen molar-refractivity contribution in [1.29, 1.82) is 0 Å². The van der Waals surface area contributed by atoms with Crippen LogP contribution in [-0.4, -0.2) is 25.4 Å². The van der Waals surface area contributed by atoms with Gasteiger partial charge in [0.25, 0.3) is 0 Å². The number of amides is 2. The molecule has 1 aliphatic heterocycles. The van der Waals surface area contributed by atoms with Gasteiger partial charge in [-0.2, -0.15) is 0 Å². The van der Waals surface area contributed by atoms with Crippen LogP contribution in [0.4, 0.5) is 11.4 Å². The predicted molar refractivity (Wildman–Crippen MR) is 104 cm³/mol. The molecule has 0 N–H and O–H groups in total. The van der Waals surface area contributed by atoms with E-state index in [0.717, 1.165) is 27.0 Å². The molecule has 25 heavy (non-hydrogen) atoms. The lowest BCUT2D eigenvalue weighted by Crippen LogP contribution is -2.34. The van der Waals surface area contributed by atoms with Gasteiger partial charge in [-0.1, -0.05) is 18.2 Å². The topological polar surface area (TPSA) is 40.6 Å². The maximum absolute atomic E-state index is 12.9. The summed E-state index contributed by atoms with van der Waals surface area (Å²) in [5, 5.41) is 0. The summed E-state index contributed by atoms with van der Waals surface area (Å²) in [6, 6.07) is 13.7. The van der Waals surface area contributed by atoms with Crippen LogP contribution in [0, 0.1) is 19.8 Å². The van der Waals surface area contributed by atoms with Crippen LogP contribution in [0.2, 0.25) is 0 Å². The number of aryl methyl sites for hydroxylation is 2. The van der Waals surface area contributed by atoms with Gasteiger partial charge in [0.2, 0.25) is 11.8 Å². The molecule has 1 aliphatic rings. The number of nitrogens with zero attached hydrogens (tertiary/aromatic N) is 2. The van der Waals surface area contributed by atoms with Crippen molar-refractivity contribution in [2.75, 3.05) is 23.4 Å². The van der Waals surface area contributed by atoms with Gasteiger partial charge in [0.15, 0.2) is 0 Å². The second kappa shape index (κ2) is 7.00. The third-order valence-electron chi connectivity index (χ3n) is 4.54. The fraction of sp³-hybridized carbons (Fsp3) is 0.300. The quantitative estimate of drug-likeness (QED) is 0.778. The smallest absolute Gasteiger partial charge is 0.232 e. The number of benzene rings is 2. The first kappa shape index (κ1) is 17.7. The van der Waals surface area contributed by atoms with E-state index in [2.05, 4.69) is 22.0 Å². The number of hydrogen-bond acceptors (Lipinski definition) is 2. The fourth-order valence-corrected chi connectivity index (χ4v) is 3.82. The van der Waals surface area contributed by atoms with Gasteiger partial charge < -0.3 is 9.80 Å². The molecule has 1 heterocycles. The van der Waals surface area contributed by atoms with E-state index in [1.807, 2.05) is 50.2 Å². The van der Waals surface area contributed by atoms with Gasteiger partial charge in [-0.3, -0.25) is 9.59 Å². The summed E-state index contributed by atoms with van der Waals surface area (Å²) in [7, 11) is 1.78. The van der Waals surface area contributed by atoms with Crippen LogP contribution in [0.25, 0.3) is 0 Å². The Labute approximate surface area is 156 Å². The van der Waals surface area contributed by atoms with Crippen LogP contribution < -0.4 is 9.80 Å². The number of carbonyl (C=O) groups excluding carboxylic acids is 2. The molecule has 0 aromatic heterocycles. The molecule has 130 valence electrons. The lowest BCUT2D eigenvalue weighted by molar-refractivity contribution is -0.124. The first-order valence-electron chi connectivity index (χ1n) is 8.27. The van der Waals surface area contributed by atoms with Crippen molar-refractivity contribution in [2.24, 2.45) is 5.92 Å². The standard InChI is InChI=1S/C20H21BrN2O2/c1-13-8-14(2)10-16(9-13)22(3)20(25)15-11-19(24)23(12-15)18-7-5-4-6-17(18)21/h4-10,15H,11-12H2,1-3H3. The number of hydrogen-bond donors (Lipinski definition) is 0. The third kappa shape index (κ3) is 3.61. The average molecular weight is 401 g/mol. The van der Waals surface area contributed by atoms with Crippen LogP contribution in [0.1, 0.15) is 17.5 Å². The zero-order chi connectivity index (χ0) is 18.1. The molecule has 0 radical (unpaired) electrons. The average Bonchev–Trinajstić information content (AvgIpc) is 2.94. The van der Waals surface area contributed by atoms with E-state index in [1.54, 1.807) is 16.8 Å². The summed E-state index contributed by atoms with van der Waals surface area (Å²) < 4.78 is 0.860. The second-order valence-electron chi connectivity index (χ2n) is 6.60. The Bertz CT molecular complexity index is 814. The Morgan fingerprint density at radius 3 is 2.44 bits per heavy atom. The molecule has 2 aromatic carbocycles. The molecule has 2 amide bonds. The van der Waals surface area contributed by atoms with Crippen molar-refractivity contribution in [3.63, 3.8) is 0 Å². The van der Waals surface area contributed by atoms with E-state index in [1.165, 1.54) is 0 Å². The fourth-order valence-electron chi connectivity index (χ4n) is 3.32.